The van der Waals surface area contributed by atoms with Gasteiger partial charge in [0.2, 0.25) is 5.92 Å². The summed E-state index contributed by atoms with van der Waals surface area (Å²) >= 11 is 6.22. The molecule has 0 radical (unpaired) electrons. The van der Waals surface area contributed by atoms with E-state index in [1.807, 2.05) is 23.7 Å². The van der Waals surface area contributed by atoms with Crippen LogP contribution in [0.5, 0.6) is 0 Å². The van der Waals surface area contributed by atoms with Crippen molar-refractivity contribution in [2.45, 2.75) is 31.6 Å². The van der Waals surface area contributed by atoms with E-state index in [0.717, 1.165) is 10.9 Å². The highest BCUT2D eigenvalue weighted by atomic mass is 35.5. The molecule has 0 spiro atoms. The number of amides is 1. The maximum absolute atomic E-state index is 13.2. The first-order valence-electron chi connectivity index (χ1n) is 7.77. The maximum Gasteiger partial charge on any atom is 0.253 e. The molecule has 3 nitrogen and oxygen atoms in total. The predicted octanol–water partition coefficient (Wildman–Crippen LogP) is 4.39. The Morgan fingerprint density at radius 2 is 2.09 bits per heavy atom. The average Bonchev–Trinajstić information content (AvgIpc) is 2.85. The van der Waals surface area contributed by atoms with Gasteiger partial charge in [-0.25, -0.2) is 8.78 Å². The van der Waals surface area contributed by atoms with Gasteiger partial charge in [-0.2, -0.15) is 0 Å². The topological polar surface area (TPSA) is 34.0 Å². The molecule has 1 saturated carbocycles. The van der Waals surface area contributed by atoms with Crippen molar-refractivity contribution in [2.24, 2.45) is 13.0 Å². The number of nitrogens with zero attached hydrogens (tertiary/aromatic N) is 1. The zero-order valence-electron chi connectivity index (χ0n) is 12.9. The number of hydrogen-bond acceptors (Lipinski definition) is 1. The van der Waals surface area contributed by atoms with Gasteiger partial charge in [0, 0.05) is 38.0 Å². The van der Waals surface area contributed by atoms with Gasteiger partial charge in [0.1, 0.15) is 0 Å². The Balaban J connectivity index is 1.70. The van der Waals surface area contributed by atoms with Crippen molar-refractivity contribution in [3.8, 4) is 0 Å². The lowest BCUT2D eigenvalue weighted by atomic mass is 9.87. The predicted molar refractivity (Wildman–Crippen MR) is 87.2 cm³/mol. The molecule has 1 aliphatic carbocycles. The molecule has 1 aliphatic rings. The molecule has 0 atom stereocenters. The van der Waals surface area contributed by atoms with E-state index >= 15 is 0 Å². The SMILES string of the molecule is Cn1cc(C(=O)NCC2CCC(F)(F)CC2)c2c(Cl)cccc21. The van der Waals surface area contributed by atoms with Gasteiger partial charge in [0.05, 0.1) is 16.1 Å². The summed E-state index contributed by atoms with van der Waals surface area (Å²) in [6.07, 6.45) is 2.47. The summed E-state index contributed by atoms with van der Waals surface area (Å²) in [7, 11) is 1.86. The Kier molecular flexibility index (Phi) is 4.32. The fourth-order valence-electron chi connectivity index (χ4n) is 3.21. The lowest BCUT2D eigenvalue weighted by Crippen LogP contribution is -2.33. The van der Waals surface area contributed by atoms with Crippen LogP contribution in [-0.4, -0.2) is 22.9 Å². The molecule has 1 amide bonds. The van der Waals surface area contributed by atoms with Crippen LogP contribution in [0.4, 0.5) is 8.78 Å². The summed E-state index contributed by atoms with van der Waals surface area (Å²) in [4.78, 5) is 12.5. The van der Waals surface area contributed by atoms with E-state index in [1.54, 1.807) is 12.3 Å². The number of aryl methyl sites for hydroxylation is 1. The number of carbonyl (C=O) groups is 1. The third-order valence-corrected chi connectivity index (χ3v) is 4.91. The Bertz CT molecular complexity index is 732. The van der Waals surface area contributed by atoms with Crippen molar-refractivity contribution >= 4 is 28.4 Å². The van der Waals surface area contributed by atoms with E-state index in [9.17, 15) is 13.6 Å². The number of aromatic nitrogens is 1. The number of alkyl halides is 2. The minimum absolute atomic E-state index is 0.0896. The monoisotopic (exact) mass is 340 g/mol. The molecule has 1 aromatic heterocycles. The van der Waals surface area contributed by atoms with E-state index in [0.29, 0.717) is 30.0 Å². The minimum atomic E-state index is -2.54. The third kappa shape index (κ3) is 3.34. The summed E-state index contributed by atoms with van der Waals surface area (Å²) < 4.78 is 28.2. The number of rotatable bonds is 3. The highest BCUT2D eigenvalue weighted by molar-refractivity contribution is 6.36. The molecule has 2 aromatic rings. The standard InChI is InChI=1S/C17H19ClF2N2O/c1-22-10-12(15-13(18)3-2-4-14(15)22)16(23)21-9-11-5-7-17(19,20)8-6-11/h2-4,10-11H,5-9H2,1H3,(H,21,23). The Hall–Kier alpha value is -1.62. The second-order valence-electron chi connectivity index (χ2n) is 6.30. The van der Waals surface area contributed by atoms with Gasteiger partial charge in [-0.3, -0.25) is 4.79 Å². The highest BCUT2D eigenvalue weighted by Crippen LogP contribution is 2.36. The summed E-state index contributed by atoms with van der Waals surface area (Å²) in [6.45, 7) is 0.426. The second-order valence-corrected chi connectivity index (χ2v) is 6.70. The molecule has 1 fully saturated rings. The number of nitrogens with one attached hydrogen (secondary N) is 1. The van der Waals surface area contributed by atoms with Crippen LogP contribution in [0.3, 0.4) is 0 Å². The first-order valence-corrected chi connectivity index (χ1v) is 8.15. The van der Waals surface area contributed by atoms with E-state index in [2.05, 4.69) is 5.32 Å². The van der Waals surface area contributed by atoms with Crippen molar-refractivity contribution in [2.75, 3.05) is 6.54 Å². The zero-order chi connectivity index (χ0) is 16.6. The van der Waals surface area contributed by atoms with Gasteiger partial charge in [0.15, 0.2) is 0 Å². The number of halogens is 3. The van der Waals surface area contributed by atoms with E-state index < -0.39 is 5.92 Å². The molecule has 124 valence electrons. The summed E-state index contributed by atoms with van der Waals surface area (Å²) in [5.74, 6) is -2.63. The molecular formula is C17H19ClF2N2O. The van der Waals surface area contributed by atoms with Gasteiger partial charge in [0.25, 0.3) is 5.91 Å². The second kappa shape index (κ2) is 6.11. The van der Waals surface area contributed by atoms with Gasteiger partial charge in [-0.05, 0) is 30.9 Å². The lowest BCUT2D eigenvalue weighted by molar-refractivity contribution is -0.0452. The molecule has 3 rings (SSSR count). The number of benzene rings is 1. The summed E-state index contributed by atoms with van der Waals surface area (Å²) in [5, 5.41) is 4.13. The molecule has 0 unspecified atom stereocenters. The fourth-order valence-corrected chi connectivity index (χ4v) is 3.48. The van der Waals surface area contributed by atoms with Crippen molar-refractivity contribution in [3.63, 3.8) is 0 Å². The van der Waals surface area contributed by atoms with Crippen LogP contribution in [0.15, 0.2) is 24.4 Å². The summed E-state index contributed by atoms with van der Waals surface area (Å²) in [6, 6.07) is 5.50. The van der Waals surface area contributed by atoms with Gasteiger partial charge < -0.3 is 9.88 Å². The molecule has 1 N–H and O–H groups in total. The first-order chi connectivity index (χ1) is 10.9. The van der Waals surface area contributed by atoms with Gasteiger partial charge >= 0.3 is 0 Å². The quantitative estimate of drug-likeness (QED) is 0.883. The van der Waals surface area contributed by atoms with Crippen molar-refractivity contribution in [3.05, 3.63) is 35.0 Å². The minimum Gasteiger partial charge on any atom is -0.352 e. The molecule has 6 heteroatoms. The average molecular weight is 341 g/mol. The van der Waals surface area contributed by atoms with Crippen LogP contribution in [-0.2, 0) is 7.05 Å². The number of carbonyl (C=O) groups excluding carboxylic acids is 1. The normalized spacial score (nSPS) is 18.3. The maximum atomic E-state index is 13.2. The van der Waals surface area contributed by atoms with Crippen LogP contribution >= 0.6 is 11.6 Å². The van der Waals surface area contributed by atoms with Crippen molar-refractivity contribution < 1.29 is 13.6 Å². The smallest absolute Gasteiger partial charge is 0.253 e. The van der Waals surface area contributed by atoms with Crippen LogP contribution < -0.4 is 5.32 Å². The molecule has 0 saturated heterocycles. The van der Waals surface area contributed by atoms with E-state index in [1.165, 1.54) is 0 Å². The Morgan fingerprint density at radius 1 is 1.39 bits per heavy atom. The highest BCUT2D eigenvalue weighted by Gasteiger charge is 2.34. The molecule has 1 aromatic carbocycles. The Morgan fingerprint density at radius 3 is 2.78 bits per heavy atom. The molecule has 23 heavy (non-hydrogen) atoms. The van der Waals surface area contributed by atoms with E-state index in [-0.39, 0.29) is 24.7 Å². The summed E-state index contributed by atoms with van der Waals surface area (Å²) in [5.41, 5.74) is 1.41. The largest absolute Gasteiger partial charge is 0.352 e. The van der Waals surface area contributed by atoms with Crippen molar-refractivity contribution in [1.82, 2.24) is 9.88 Å². The molecule has 1 heterocycles. The van der Waals surface area contributed by atoms with Gasteiger partial charge in [-0.1, -0.05) is 17.7 Å². The number of fused-ring (bicyclic) bond motifs is 1. The van der Waals surface area contributed by atoms with Crippen molar-refractivity contribution in [1.29, 1.82) is 0 Å². The Labute approximate surface area is 138 Å². The fraction of sp³-hybridized carbons (Fsp3) is 0.471. The van der Waals surface area contributed by atoms with Crippen LogP contribution in [0.25, 0.3) is 10.9 Å². The first kappa shape index (κ1) is 16.2. The zero-order valence-corrected chi connectivity index (χ0v) is 13.7. The van der Waals surface area contributed by atoms with Crippen LogP contribution in [0.1, 0.15) is 36.0 Å². The van der Waals surface area contributed by atoms with E-state index in [4.69, 9.17) is 11.6 Å². The molecule has 0 aliphatic heterocycles. The van der Waals surface area contributed by atoms with Gasteiger partial charge in [-0.15, -0.1) is 0 Å². The number of hydrogen-bond donors (Lipinski definition) is 1. The van der Waals surface area contributed by atoms with Crippen LogP contribution in [0, 0.1) is 5.92 Å². The van der Waals surface area contributed by atoms with Crippen LogP contribution in [0.2, 0.25) is 5.02 Å². The molecular weight excluding hydrogens is 322 g/mol. The lowest BCUT2D eigenvalue weighted by Gasteiger charge is -2.28. The molecule has 0 bridgehead atoms. The third-order valence-electron chi connectivity index (χ3n) is 4.60.